The van der Waals surface area contributed by atoms with Crippen molar-refractivity contribution >= 4 is 23.3 Å². The van der Waals surface area contributed by atoms with Crippen LogP contribution in [0.1, 0.15) is 20.7 Å². The Morgan fingerprint density at radius 3 is 2.11 bits per heavy atom. The molecular formula is C29H26FN5O3. The van der Waals surface area contributed by atoms with Crippen molar-refractivity contribution in [1.29, 1.82) is 0 Å². The molecule has 9 heteroatoms. The van der Waals surface area contributed by atoms with Gasteiger partial charge >= 0.3 is 0 Å². The molecule has 1 aliphatic rings. The fraction of sp³-hybridized carbons (Fsp3) is 0.172. The average Bonchev–Trinajstić information content (AvgIpc) is 2.97. The van der Waals surface area contributed by atoms with Gasteiger partial charge in [-0.15, -0.1) is 0 Å². The van der Waals surface area contributed by atoms with Crippen molar-refractivity contribution in [3.63, 3.8) is 0 Å². The Bertz CT molecular complexity index is 1440. The molecule has 0 bridgehead atoms. The smallest absolute Gasteiger partial charge is 0.254 e. The number of rotatable bonds is 6. The molecule has 2 amide bonds. The molecule has 0 aliphatic carbocycles. The summed E-state index contributed by atoms with van der Waals surface area (Å²) in [5.74, 6) is 0.643. The van der Waals surface area contributed by atoms with Crippen LogP contribution in [0.25, 0.3) is 11.3 Å². The van der Waals surface area contributed by atoms with Crippen LogP contribution in [0.4, 0.5) is 15.9 Å². The van der Waals surface area contributed by atoms with E-state index in [-0.39, 0.29) is 11.8 Å². The first-order valence-corrected chi connectivity index (χ1v) is 12.2. The van der Waals surface area contributed by atoms with E-state index in [1.165, 1.54) is 24.5 Å². The van der Waals surface area contributed by atoms with Gasteiger partial charge in [0, 0.05) is 54.6 Å². The predicted molar refractivity (Wildman–Crippen MR) is 142 cm³/mol. The molecule has 0 atom stereocenters. The minimum Gasteiger partial charge on any atom is -0.497 e. The molecule has 0 saturated carbocycles. The number of methoxy groups -OCH3 is 1. The highest BCUT2D eigenvalue weighted by atomic mass is 19.1. The third-order valence-corrected chi connectivity index (χ3v) is 6.38. The lowest BCUT2D eigenvalue weighted by Crippen LogP contribution is -2.50. The van der Waals surface area contributed by atoms with Crippen LogP contribution in [0.5, 0.6) is 5.75 Å². The van der Waals surface area contributed by atoms with Crippen LogP contribution in [0, 0.1) is 5.82 Å². The molecule has 3 aromatic carbocycles. The van der Waals surface area contributed by atoms with Crippen LogP contribution in [0.2, 0.25) is 0 Å². The van der Waals surface area contributed by atoms with Crippen LogP contribution in [-0.2, 0) is 0 Å². The summed E-state index contributed by atoms with van der Waals surface area (Å²) < 4.78 is 18.7. The molecule has 1 saturated heterocycles. The first kappa shape index (κ1) is 24.9. The predicted octanol–water partition coefficient (Wildman–Crippen LogP) is 4.63. The summed E-state index contributed by atoms with van der Waals surface area (Å²) in [6.45, 7) is 1.61. The molecular weight excluding hydrogens is 485 g/mol. The maximum absolute atomic E-state index is 13.5. The fourth-order valence-corrected chi connectivity index (χ4v) is 4.29. The minimum atomic E-state index is -0.445. The number of hydrogen-bond acceptors (Lipinski definition) is 6. The van der Waals surface area contributed by atoms with Gasteiger partial charge in [-0.05, 0) is 54.6 Å². The zero-order valence-electron chi connectivity index (χ0n) is 20.8. The average molecular weight is 512 g/mol. The van der Waals surface area contributed by atoms with Crippen molar-refractivity contribution in [2.75, 3.05) is 38.6 Å². The Morgan fingerprint density at radius 2 is 1.47 bits per heavy atom. The van der Waals surface area contributed by atoms with Crippen molar-refractivity contribution < 1.29 is 18.7 Å². The zero-order chi connectivity index (χ0) is 26.5. The quantitative estimate of drug-likeness (QED) is 0.406. The molecule has 2 heterocycles. The first-order valence-electron chi connectivity index (χ1n) is 12.2. The van der Waals surface area contributed by atoms with Crippen LogP contribution < -0.4 is 10.1 Å². The number of amides is 2. The number of piperazine rings is 1. The van der Waals surface area contributed by atoms with Gasteiger partial charge in [-0.3, -0.25) is 9.59 Å². The van der Waals surface area contributed by atoms with Gasteiger partial charge in [-0.2, -0.15) is 0 Å². The molecule has 1 fully saturated rings. The van der Waals surface area contributed by atoms with Gasteiger partial charge in [0.2, 0.25) is 0 Å². The summed E-state index contributed by atoms with van der Waals surface area (Å²) in [5, 5.41) is 3.25. The van der Waals surface area contributed by atoms with Crippen molar-refractivity contribution in [2.45, 2.75) is 0 Å². The number of anilines is 2. The fourth-order valence-electron chi connectivity index (χ4n) is 4.29. The maximum atomic E-state index is 13.5. The molecule has 0 radical (unpaired) electrons. The van der Waals surface area contributed by atoms with Gasteiger partial charge in [0.1, 0.15) is 23.7 Å². The van der Waals surface area contributed by atoms with Crippen molar-refractivity contribution in [3.8, 4) is 17.0 Å². The van der Waals surface area contributed by atoms with Crippen LogP contribution in [-0.4, -0.2) is 64.9 Å². The number of nitrogens with one attached hydrogen (secondary N) is 1. The van der Waals surface area contributed by atoms with Gasteiger partial charge in [0.15, 0.2) is 0 Å². The number of ether oxygens (including phenoxy) is 1. The summed E-state index contributed by atoms with van der Waals surface area (Å²) in [6.07, 6.45) is 1.49. The summed E-state index contributed by atoms with van der Waals surface area (Å²) in [5.41, 5.74) is 3.32. The van der Waals surface area contributed by atoms with E-state index in [1.54, 1.807) is 35.1 Å². The Hall–Kier alpha value is -4.79. The molecule has 8 nitrogen and oxygen atoms in total. The van der Waals surface area contributed by atoms with E-state index in [1.807, 2.05) is 42.5 Å². The van der Waals surface area contributed by atoms with Crippen LogP contribution in [0.3, 0.4) is 0 Å². The molecule has 1 N–H and O–H groups in total. The highest BCUT2D eigenvalue weighted by molar-refractivity contribution is 5.96. The van der Waals surface area contributed by atoms with E-state index >= 15 is 0 Å². The van der Waals surface area contributed by atoms with Crippen molar-refractivity contribution in [1.82, 2.24) is 19.8 Å². The topological polar surface area (TPSA) is 87.7 Å². The third kappa shape index (κ3) is 5.62. The number of carbonyl (C=O) groups is 2. The normalized spacial score (nSPS) is 13.2. The first-order chi connectivity index (χ1) is 18.5. The minimum absolute atomic E-state index is 0.0982. The van der Waals surface area contributed by atoms with Crippen molar-refractivity contribution in [3.05, 3.63) is 102 Å². The maximum Gasteiger partial charge on any atom is 0.254 e. The Kier molecular flexibility index (Phi) is 7.26. The van der Waals surface area contributed by atoms with E-state index in [0.717, 1.165) is 22.7 Å². The number of aromatic nitrogens is 2. The number of halogens is 1. The number of hydrogen-bond donors (Lipinski definition) is 1. The lowest BCUT2D eigenvalue weighted by molar-refractivity contribution is 0.0535. The molecule has 1 aliphatic heterocycles. The molecule has 192 valence electrons. The monoisotopic (exact) mass is 511 g/mol. The molecule has 0 unspecified atom stereocenters. The van der Waals surface area contributed by atoms with Gasteiger partial charge in [-0.25, -0.2) is 14.4 Å². The van der Waals surface area contributed by atoms with E-state index in [9.17, 15) is 14.0 Å². The second-order valence-corrected chi connectivity index (χ2v) is 8.81. The SMILES string of the molecule is COc1ccc(Nc2cc(-c3ccc(C(=O)N4CCN(C(=O)c5cccc(F)c5)CC4)cc3)ncn2)cc1. The van der Waals surface area contributed by atoms with Crippen LogP contribution in [0.15, 0.2) is 85.2 Å². The summed E-state index contributed by atoms with van der Waals surface area (Å²) >= 11 is 0. The second kappa shape index (κ2) is 11.1. The highest BCUT2D eigenvalue weighted by Crippen LogP contribution is 2.23. The van der Waals surface area contributed by atoms with Gasteiger partial charge < -0.3 is 19.9 Å². The van der Waals surface area contributed by atoms with Crippen molar-refractivity contribution in [2.24, 2.45) is 0 Å². The molecule has 5 rings (SSSR count). The molecule has 0 spiro atoms. The third-order valence-electron chi connectivity index (χ3n) is 6.38. The molecule has 4 aromatic rings. The Morgan fingerprint density at radius 1 is 0.816 bits per heavy atom. The summed E-state index contributed by atoms with van der Waals surface area (Å²) in [7, 11) is 1.62. The van der Waals surface area contributed by atoms with E-state index < -0.39 is 5.82 Å². The van der Waals surface area contributed by atoms with E-state index in [2.05, 4.69) is 15.3 Å². The lowest BCUT2D eigenvalue weighted by atomic mass is 10.1. The second-order valence-electron chi connectivity index (χ2n) is 8.81. The number of benzene rings is 3. The summed E-state index contributed by atoms with van der Waals surface area (Å²) in [6, 6.07) is 22.3. The van der Waals surface area contributed by atoms with Crippen LogP contribution >= 0.6 is 0 Å². The number of carbonyl (C=O) groups excluding carboxylic acids is 2. The number of nitrogens with zero attached hydrogens (tertiary/aromatic N) is 4. The zero-order valence-corrected chi connectivity index (χ0v) is 20.8. The molecule has 38 heavy (non-hydrogen) atoms. The standard InChI is InChI=1S/C29H26FN5O3/c1-38-25-11-9-24(10-12-25)33-27-18-26(31-19-32-27)20-5-7-21(8-6-20)28(36)34-13-15-35(16-14-34)29(37)22-3-2-4-23(30)17-22/h2-12,17-19H,13-16H2,1H3,(H,31,32,33). The Balaban J connectivity index is 1.20. The lowest BCUT2D eigenvalue weighted by Gasteiger charge is -2.35. The Labute approximate surface area is 219 Å². The van der Waals surface area contributed by atoms with E-state index in [4.69, 9.17) is 4.74 Å². The molecule has 1 aromatic heterocycles. The summed E-state index contributed by atoms with van der Waals surface area (Å²) in [4.78, 5) is 37.8. The van der Waals surface area contributed by atoms with Gasteiger partial charge in [0.25, 0.3) is 11.8 Å². The van der Waals surface area contributed by atoms with Gasteiger partial charge in [-0.1, -0.05) is 18.2 Å². The largest absolute Gasteiger partial charge is 0.497 e. The van der Waals surface area contributed by atoms with E-state index in [0.29, 0.717) is 43.1 Å². The highest BCUT2D eigenvalue weighted by Gasteiger charge is 2.25. The van der Waals surface area contributed by atoms with Gasteiger partial charge in [0.05, 0.1) is 12.8 Å².